The van der Waals surface area contributed by atoms with Crippen LogP contribution in [0.25, 0.3) is 10.8 Å². The average Bonchev–Trinajstić information content (AvgIpc) is 2.71. The normalized spacial score (nSPS) is 11.6. The topological polar surface area (TPSA) is 0 Å². The van der Waals surface area contributed by atoms with Crippen LogP contribution in [0.15, 0.2) is 54.6 Å². The zero-order chi connectivity index (χ0) is 19.0. The quantitative estimate of drug-likeness (QED) is 0.218. The van der Waals surface area contributed by atoms with Gasteiger partial charge < -0.3 is 0 Å². The Bertz CT molecular complexity index is 632. The maximum absolute atomic E-state index is 2.42. The Morgan fingerprint density at radius 3 is 1.93 bits per heavy atom. The highest BCUT2D eigenvalue weighted by atomic mass is 14.0. The van der Waals surface area contributed by atoms with Crippen molar-refractivity contribution in [3.05, 3.63) is 60.2 Å². The molecule has 27 heavy (non-hydrogen) atoms. The number of unbranched alkanes of at least 4 members (excludes halogenated alkanes) is 11. The van der Waals surface area contributed by atoms with Crippen molar-refractivity contribution in [1.29, 1.82) is 0 Å². The number of aryl methyl sites for hydroxylation is 1. The molecule has 0 aliphatic carbocycles. The van der Waals surface area contributed by atoms with E-state index in [1.54, 1.807) is 0 Å². The van der Waals surface area contributed by atoms with E-state index in [1.165, 1.54) is 106 Å². The number of allylic oxidation sites excluding steroid dienone is 2. The Labute approximate surface area is 168 Å². The van der Waals surface area contributed by atoms with Gasteiger partial charge in [-0.1, -0.05) is 113 Å². The van der Waals surface area contributed by atoms with E-state index in [-0.39, 0.29) is 0 Å². The van der Waals surface area contributed by atoms with Crippen LogP contribution in [0.1, 0.15) is 96.0 Å². The Hall–Kier alpha value is -1.56. The monoisotopic (exact) mass is 364 g/mol. The summed E-state index contributed by atoms with van der Waals surface area (Å²) >= 11 is 0. The van der Waals surface area contributed by atoms with E-state index in [9.17, 15) is 0 Å². The van der Waals surface area contributed by atoms with Crippen molar-refractivity contribution in [2.45, 2.75) is 96.8 Å². The average molecular weight is 365 g/mol. The molecule has 0 atom stereocenters. The van der Waals surface area contributed by atoms with E-state index in [2.05, 4.69) is 61.5 Å². The first-order valence-electron chi connectivity index (χ1n) is 11.5. The first-order valence-corrected chi connectivity index (χ1v) is 11.5. The SMILES string of the molecule is CCCCCCCC/C=C/CCCCCCCc1cccc2ccccc12. The highest BCUT2D eigenvalue weighted by Crippen LogP contribution is 2.20. The second-order valence-corrected chi connectivity index (χ2v) is 7.97. The van der Waals surface area contributed by atoms with Crippen molar-refractivity contribution in [3.63, 3.8) is 0 Å². The van der Waals surface area contributed by atoms with Gasteiger partial charge in [-0.05, 0) is 54.9 Å². The minimum Gasteiger partial charge on any atom is -0.0885 e. The summed E-state index contributed by atoms with van der Waals surface area (Å²) in [5.41, 5.74) is 1.52. The van der Waals surface area contributed by atoms with Crippen molar-refractivity contribution < 1.29 is 0 Å². The fraction of sp³-hybridized carbons (Fsp3) is 0.556. The molecule has 2 rings (SSSR count). The molecule has 0 N–H and O–H groups in total. The van der Waals surface area contributed by atoms with Crippen molar-refractivity contribution in [2.24, 2.45) is 0 Å². The number of fused-ring (bicyclic) bond motifs is 1. The van der Waals surface area contributed by atoms with E-state index in [1.807, 2.05) is 0 Å². The molecule has 0 aromatic heterocycles. The van der Waals surface area contributed by atoms with E-state index in [0.29, 0.717) is 0 Å². The molecule has 0 nitrogen and oxygen atoms in total. The molecule has 0 unspecified atom stereocenters. The molecular formula is C27H40. The number of benzene rings is 2. The van der Waals surface area contributed by atoms with E-state index < -0.39 is 0 Å². The van der Waals surface area contributed by atoms with Crippen LogP contribution in [0, 0.1) is 0 Å². The molecule has 2 aromatic carbocycles. The molecule has 2 aromatic rings. The lowest BCUT2D eigenvalue weighted by Gasteiger charge is -2.06. The molecule has 0 fully saturated rings. The lowest BCUT2D eigenvalue weighted by molar-refractivity contribution is 0.609. The molecule has 0 heteroatoms. The molecule has 0 amide bonds. The Morgan fingerprint density at radius 1 is 0.593 bits per heavy atom. The smallest absolute Gasteiger partial charge is 0.0152 e. The fourth-order valence-corrected chi connectivity index (χ4v) is 3.90. The van der Waals surface area contributed by atoms with Crippen LogP contribution >= 0.6 is 0 Å². The molecule has 0 heterocycles. The van der Waals surface area contributed by atoms with E-state index in [4.69, 9.17) is 0 Å². The zero-order valence-corrected chi connectivity index (χ0v) is 17.6. The van der Waals surface area contributed by atoms with Crippen molar-refractivity contribution in [3.8, 4) is 0 Å². The summed E-state index contributed by atoms with van der Waals surface area (Å²) in [5, 5.41) is 2.82. The molecule has 0 saturated carbocycles. The molecule has 148 valence electrons. The first-order chi connectivity index (χ1) is 13.4. The molecular weight excluding hydrogens is 324 g/mol. The Balaban J connectivity index is 1.44. The van der Waals surface area contributed by atoms with Crippen LogP contribution in [0.3, 0.4) is 0 Å². The van der Waals surface area contributed by atoms with Crippen LogP contribution in [0.5, 0.6) is 0 Å². The molecule has 0 radical (unpaired) electrons. The van der Waals surface area contributed by atoms with Gasteiger partial charge in [0.1, 0.15) is 0 Å². The second-order valence-electron chi connectivity index (χ2n) is 7.97. The molecule has 0 bridgehead atoms. The first kappa shape index (κ1) is 21.7. The van der Waals surface area contributed by atoms with Gasteiger partial charge in [-0.15, -0.1) is 0 Å². The van der Waals surface area contributed by atoms with Gasteiger partial charge in [0.2, 0.25) is 0 Å². The van der Waals surface area contributed by atoms with Gasteiger partial charge in [0.25, 0.3) is 0 Å². The number of hydrogen-bond donors (Lipinski definition) is 0. The van der Waals surface area contributed by atoms with Gasteiger partial charge >= 0.3 is 0 Å². The van der Waals surface area contributed by atoms with Crippen LogP contribution in [0.2, 0.25) is 0 Å². The fourth-order valence-electron chi connectivity index (χ4n) is 3.90. The highest BCUT2D eigenvalue weighted by Gasteiger charge is 2.00. The van der Waals surface area contributed by atoms with Crippen LogP contribution in [-0.4, -0.2) is 0 Å². The van der Waals surface area contributed by atoms with Crippen molar-refractivity contribution in [1.82, 2.24) is 0 Å². The zero-order valence-electron chi connectivity index (χ0n) is 17.6. The van der Waals surface area contributed by atoms with Gasteiger partial charge in [0, 0.05) is 0 Å². The minimum absolute atomic E-state index is 1.22. The molecule has 0 aliphatic rings. The van der Waals surface area contributed by atoms with Gasteiger partial charge in [-0.3, -0.25) is 0 Å². The third-order valence-electron chi connectivity index (χ3n) is 5.59. The van der Waals surface area contributed by atoms with Gasteiger partial charge in [0.05, 0.1) is 0 Å². The summed E-state index contributed by atoms with van der Waals surface area (Å²) in [6, 6.07) is 15.5. The predicted molar refractivity (Wildman–Crippen MR) is 122 cm³/mol. The maximum atomic E-state index is 2.42. The van der Waals surface area contributed by atoms with E-state index >= 15 is 0 Å². The summed E-state index contributed by atoms with van der Waals surface area (Å²) < 4.78 is 0. The minimum atomic E-state index is 1.22. The van der Waals surface area contributed by atoms with Crippen LogP contribution < -0.4 is 0 Å². The maximum Gasteiger partial charge on any atom is -0.0152 e. The van der Waals surface area contributed by atoms with Crippen LogP contribution in [0.4, 0.5) is 0 Å². The van der Waals surface area contributed by atoms with Crippen LogP contribution in [-0.2, 0) is 6.42 Å². The van der Waals surface area contributed by atoms with Gasteiger partial charge in [0.15, 0.2) is 0 Å². The number of rotatable bonds is 15. The summed E-state index contributed by atoms with van der Waals surface area (Å²) in [7, 11) is 0. The molecule has 0 saturated heterocycles. The summed E-state index contributed by atoms with van der Waals surface area (Å²) in [4.78, 5) is 0. The van der Waals surface area contributed by atoms with Crippen molar-refractivity contribution in [2.75, 3.05) is 0 Å². The van der Waals surface area contributed by atoms with Gasteiger partial charge in [-0.25, -0.2) is 0 Å². The van der Waals surface area contributed by atoms with E-state index in [0.717, 1.165) is 0 Å². The third-order valence-corrected chi connectivity index (χ3v) is 5.59. The lowest BCUT2D eigenvalue weighted by atomic mass is 9.99. The summed E-state index contributed by atoms with van der Waals surface area (Å²) in [6.07, 6.45) is 23.9. The van der Waals surface area contributed by atoms with Crippen molar-refractivity contribution >= 4 is 10.8 Å². The predicted octanol–water partition coefficient (Wildman–Crippen LogP) is 9.03. The standard InChI is InChI=1S/C27H40/c1-2-3-4-5-6-7-8-9-10-11-12-13-14-15-16-20-25-22-19-23-26-21-17-18-24-27(25)26/h9-10,17-19,21-24H,2-8,11-16,20H2,1H3/b10-9+. The summed E-state index contributed by atoms with van der Waals surface area (Å²) in [6.45, 7) is 2.29. The number of hydrogen-bond acceptors (Lipinski definition) is 0. The largest absolute Gasteiger partial charge is 0.0885 e. The third kappa shape index (κ3) is 9.27. The molecule has 0 spiro atoms. The Morgan fingerprint density at radius 2 is 1.19 bits per heavy atom. The Kier molecular flexibility index (Phi) is 11.7. The van der Waals surface area contributed by atoms with Gasteiger partial charge in [-0.2, -0.15) is 0 Å². The second kappa shape index (κ2) is 14.5. The lowest BCUT2D eigenvalue weighted by Crippen LogP contribution is -1.88. The molecule has 0 aliphatic heterocycles. The summed E-state index contributed by atoms with van der Waals surface area (Å²) in [5.74, 6) is 0. The highest BCUT2D eigenvalue weighted by molar-refractivity contribution is 5.85.